The maximum Gasteiger partial charge on any atom is 0.306 e. The van der Waals surface area contributed by atoms with Crippen molar-refractivity contribution in [2.75, 3.05) is 78.5 Å². The van der Waals surface area contributed by atoms with E-state index in [4.69, 9.17) is 0 Å². The molecule has 1 saturated carbocycles. The van der Waals surface area contributed by atoms with Gasteiger partial charge in [0.15, 0.2) is 0 Å². The molecule has 12 nitrogen and oxygen atoms in total. The van der Waals surface area contributed by atoms with Crippen LogP contribution in [0.5, 0.6) is 0 Å². The Hall–Kier alpha value is -2.28. The van der Waals surface area contributed by atoms with Crippen LogP contribution in [0.4, 0.5) is 0 Å². The summed E-state index contributed by atoms with van der Waals surface area (Å²) in [7, 11) is 0. The number of hydrogen-bond acceptors (Lipinski definition) is 11. The Morgan fingerprint density at radius 3 is 1.21 bits per heavy atom. The number of carboxylic acid groups (broad SMARTS) is 4. The smallest absolute Gasteiger partial charge is 0.306 e. The Labute approximate surface area is 199 Å². The topological polar surface area (TPSA) is 171 Å². The van der Waals surface area contributed by atoms with Crippen molar-refractivity contribution >= 4 is 23.9 Å². The van der Waals surface area contributed by atoms with Crippen LogP contribution in [-0.2, 0) is 19.2 Å². The monoisotopic (exact) mass is 483 g/mol. The van der Waals surface area contributed by atoms with Crippen molar-refractivity contribution < 1.29 is 39.6 Å². The first-order valence-electron chi connectivity index (χ1n) is 11.8. The van der Waals surface area contributed by atoms with Crippen LogP contribution in [0.3, 0.4) is 0 Å². The van der Waals surface area contributed by atoms with Crippen LogP contribution in [0, 0.1) is 11.8 Å². The van der Waals surface area contributed by atoms with Gasteiger partial charge in [-0.1, -0.05) is 0 Å². The van der Waals surface area contributed by atoms with Gasteiger partial charge in [0.25, 0.3) is 0 Å². The third-order valence-corrected chi connectivity index (χ3v) is 6.70. The third-order valence-electron chi connectivity index (χ3n) is 6.70. The summed E-state index contributed by atoms with van der Waals surface area (Å²) in [5.74, 6) is -4.41. The highest BCUT2D eigenvalue weighted by Crippen LogP contribution is 2.29. The molecule has 1 heterocycles. The highest BCUT2D eigenvalue weighted by atomic mass is 16.4. The first-order chi connectivity index (χ1) is 16.1. The Morgan fingerprint density at radius 2 is 0.912 bits per heavy atom. The molecule has 194 valence electrons. The molecule has 2 aliphatic rings. The second-order valence-corrected chi connectivity index (χ2v) is 9.30. The van der Waals surface area contributed by atoms with Crippen LogP contribution < -0.4 is 15.3 Å². The van der Waals surface area contributed by atoms with Crippen molar-refractivity contribution in [1.82, 2.24) is 19.6 Å². The van der Waals surface area contributed by atoms with Gasteiger partial charge < -0.3 is 39.7 Å². The fourth-order valence-corrected chi connectivity index (χ4v) is 4.74. The molecule has 2 rings (SSSR count). The molecule has 34 heavy (non-hydrogen) atoms. The summed E-state index contributed by atoms with van der Waals surface area (Å²) in [6.45, 7) is 3.03. The van der Waals surface area contributed by atoms with Crippen molar-refractivity contribution in [3.63, 3.8) is 0 Å². The Balaban J connectivity index is 2.07. The van der Waals surface area contributed by atoms with Crippen molar-refractivity contribution in [3.8, 4) is 0 Å². The first kappa shape index (κ1) is 28.0. The lowest BCUT2D eigenvalue weighted by molar-refractivity contribution is -0.308. The highest BCUT2D eigenvalue weighted by molar-refractivity contribution is 5.70. The van der Waals surface area contributed by atoms with Gasteiger partial charge in [0.1, 0.15) is 0 Å². The van der Waals surface area contributed by atoms with Crippen LogP contribution in [-0.4, -0.2) is 127 Å². The first-order valence-corrected chi connectivity index (χ1v) is 11.8. The van der Waals surface area contributed by atoms with E-state index in [1.807, 2.05) is 0 Å². The SMILES string of the molecule is O=C([O-])CN1CCN(CC(=O)[O-])CCN(CC2CCC(C(=O)O)CC2)CCN(CC(=O)[O-])CC1. The summed E-state index contributed by atoms with van der Waals surface area (Å²) >= 11 is 0. The van der Waals surface area contributed by atoms with Crippen LogP contribution in [0.25, 0.3) is 0 Å². The van der Waals surface area contributed by atoms with Gasteiger partial charge in [-0.2, -0.15) is 0 Å². The molecule has 0 atom stereocenters. The number of aliphatic carboxylic acids is 4. The van der Waals surface area contributed by atoms with Crippen molar-refractivity contribution in [1.29, 1.82) is 0 Å². The van der Waals surface area contributed by atoms with Crippen LogP contribution in [0.15, 0.2) is 0 Å². The molecule has 0 amide bonds. The van der Waals surface area contributed by atoms with E-state index in [9.17, 15) is 39.6 Å². The summed E-state index contributed by atoms with van der Waals surface area (Å²) in [5, 5.41) is 42.8. The molecule has 1 aliphatic carbocycles. The van der Waals surface area contributed by atoms with E-state index in [-0.39, 0.29) is 25.6 Å². The third kappa shape index (κ3) is 10.8. The van der Waals surface area contributed by atoms with Crippen LogP contribution >= 0.6 is 0 Å². The molecule has 1 N–H and O–H groups in total. The van der Waals surface area contributed by atoms with Gasteiger partial charge in [-0.15, -0.1) is 0 Å². The summed E-state index contributed by atoms with van der Waals surface area (Å²) in [6.07, 6.45) is 2.87. The molecule has 12 heteroatoms. The van der Waals surface area contributed by atoms with Crippen molar-refractivity contribution in [3.05, 3.63) is 0 Å². The lowest BCUT2D eigenvalue weighted by Gasteiger charge is -2.36. The Bertz CT molecular complexity index is 666. The molecule has 0 aromatic heterocycles. The molecule has 0 aromatic carbocycles. The molecule has 1 saturated heterocycles. The number of carbonyl (C=O) groups excluding carboxylic acids is 3. The Morgan fingerprint density at radius 1 is 0.588 bits per heavy atom. The zero-order chi connectivity index (χ0) is 25.1. The van der Waals surface area contributed by atoms with E-state index in [1.165, 1.54) is 0 Å². The van der Waals surface area contributed by atoms with Gasteiger partial charge in [0.2, 0.25) is 0 Å². The molecule has 2 fully saturated rings. The summed E-state index contributed by atoms with van der Waals surface area (Å²) in [4.78, 5) is 52.0. The predicted molar refractivity (Wildman–Crippen MR) is 114 cm³/mol. The quantitative estimate of drug-likeness (QED) is 0.333. The molecule has 0 aromatic rings. The van der Waals surface area contributed by atoms with Crippen molar-refractivity contribution in [2.24, 2.45) is 11.8 Å². The lowest BCUT2D eigenvalue weighted by atomic mass is 9.82. The average Bonchev–Trinajstić information content (AvgIpc) is 2.74. The van der Waals surface area contributed by atoms with Crippen LogP contribution in [0.2, 0.25) is 0 Å². The second kappa shape index (κ2) is 14.2. The van der Waals surface area contributed by atoms with Gasteiger partial charge in [-0.25, -0.2) is 0 Å². The van der Waals surface area contributed by atoms with Gasteiger partial charge in [0, 0.05) is 78.5 Å². The minimum Gasteiger partial charge on any atom is -0.549 e. The second-order valence-electron chi connectivity index (χ2n) is 9.30. The maximum absolute atomic E-state index is 11.2. The normalized spacial score (nSPS) is 25.2. The molecule has 0 unspecified atom stereocenters. The maximum atomic E-state index is 11.2. The summed E-state index contributed by atoms with van der Waals surface area (Å²) in [6, 6.07) is 0. The van der Waals surface area contributed by atoms with Crippen LogP contribution in [0.1, 0.15) is 25.7 Å². The largest absolute Gasteiger partial charge is 0.549 e. The standard InChI is InChI=1S/C22H38N4O8/c27-19(28)14-24-7-5-23(13-17-1-3-18(4-2-17)22(33)34)6-8-25(15-20(29)30)10-12-26(11-9-24)16-21(31)32/h17-18H,1-16H2,(H,27,28)(H,29,30)(H,31,32)(H,33,34)/p-3. The number of rotatable bonds is 9. The highest BCUT2D eigenvalue weighted by Gasteiger charge is 2.27. The van der Waals surface area contributed by atoms with E-state index in [0.29, 0.717) is 71.1 Å². The molecule has 0 radical (unpaired) electrons. The van der Waals surface area contributed by atoms with E-state index in [2.05, 4.69) is 4.90 Å². The van der Waals surface area contributed by atoms with Gasteiger partial charge in [0.05, 0.1) is 23.8 Å². The van der Waals surface area contributed by atoms with Gasteiger partial charge >= 0.3 is 5.97 Å². The number of carboxylic acids is 4. The van der Waals surface area contributed by atoms with Crippen molar-refractivity contribution in [2.45, 2.75) is 25.7 Å². The molecule has 0 bridgehead atoms. The Kier molecular flexibility index (Phi) is 11.7. The van der Waals surface area contributed by atoms with E-state index in [1.54, 1.807) is 14.7 Å². The number of nitrogens with zero attached hydrogens (tertiary/aromatic N) is 4. The number of hydrogen-bond donors (Lipinski definition) is 1. The fraction of sp³-hybridized carbons (Fsp3) is 0.818. The zero-order valence-electron chi connectivity index (χ0n) is 19.6. The van der Waals surface area contributed by atoms with E-state index < -0.39 is 23.9 Å². The molecule has 1 aliphatic heterocycles. The van der Waals surface area contributed by atoms with Gasteiger partial charge in [-0.3, -0.25) is 19.5 Å². The minimum atomic E-state index is -1.26. The molecular formula is C22H35N4O8-3. The molecule has 0 spiro atoms. The summed E-state index contributed by atoms with van der Waals surface area (Å²) in [5.41, 5.74) is 0. The minimum absolute atomic E-state index is 0.270. The summed E-state index contributed by atoms with van der Waals surface area (Å²) < 4.78 is 0. The zero-order valence-corrected chi connectivity index (χ0v) is 19.6. The van der Waals surface area contributed by atoms with E-state index in [0.717, 1.165) is 19.4 Å². The fourth-order valence-electron chi connectivity index (χ4n) is 4.74. The number of carbonyl (C=O) groups is 4. The van der Waals surface area contributed by atoms with Gasteiger partial charge in [-0.05, 0) is 31.6 Å². The predicted octanol–water partition coefficient (Wildman–Crippen LogP) is -4.65. The average molecular weight is 484 g/mol. The van der Waals surface area contributed by atoms with E-state index >= 15 is 0 Å². The molecular weight excluding hydrogens is 448 g/mol. The lowest BCUT2D eigenvalue weighted by Crippen LogP contribution is -2.51.